The van der Waals surface area contributed by atoms with E-state index < -0.39 is 5.92 Å². The van der Waals surface area contributed by atoms with Gasteiger partial charge in [0.2, 0.25) is 0 Å². The Morgan fingerprint density at radius 1 is 1.86 bits per heavy atom. The van der Waals surface area contributed by atoms with Crippen molar-refractivity contribution in [1.82, 2.24) is 9.78 Å². The van der Waals surface area contributed by atoms with E-state index in [1.165, 1.54) is 6.20 Å². The maximum Gasteiger partial charge on any atom is 0.184 e. The highest BCUT2D eigenvalue weighted by atomic mass is 79.9. The van der Waals surface area contributed by atoms with E-state index in [-0.39, 0.29) is 5.78 Å². The molecular formula is C9H10BrN3O. The number of halogens is 1. The van der Waals surface area contributed by atoms with E-state index in [1.807, 2.05) is 13.0 Å². The minimum absolute atomic E-state index is 0.171. The highest BCUT2D eigenvalue weighted by molar-refractivity contribution is 9.10. The average molecular weight is 256 g/mol. The van der Waals surface area contributed by atoms with Crippen LogP contribution < -0.4 is 0 Å². The van der Waals surface area contributed by atoms with Crippen molar-refractivity contribution in [3.05, 3.63) is 16.4 Å². The summed E-state index contributed by atoms with van der Waals surface area (Å²) in [5.74, 6) is -0.745. The number of carbonyl (C=O) groups is 1. The highest BCUT2D eigenvalue weighted by Crippen LogP contribution is 2.19. The van der Waals surface area contributed by atoms with Gasteiger partial charge in [-0.05, 0) is 22.4 Å². The quantitative estimate of drug-likeness (QED) is 0.776. The molecule has 0 saturated heterocycles. The van der Waals surface area contributed by atoms with Gasteiger partial charge in [0, 0.05) is 7.05 Å². The van der Waals surface area contributed by atoms with Crippen molar-refractivity contribution in [2.75, 3.05) is 0 Å². The van der Waals surface area contributed by atoms with Gasteiger partial charge in [-0.2, -0.15) is 10.4 Å². The van der Waals surface area contributed by atoms with Crippen molar-refractivity contribution in [3.63, 3.8) is 0 Å². The van der Waals surface area contributed by atoms with Gasteiger partial charge in [-0.1, -0.05) is 6.92 Å². The Balaban J connectivity index is 3.01. The van der Waals surface area contributed by atoms with E-state index in [4.69, 9.17) is 5.26 Å². The molecule has 1 atom stereocenters. The smallest absolute Gasteiger partial charge is 0.184 e. The SMILES string of the molecule is CCC(C#N)C(=O)c1cnn(C)c1Br. The van der Waals surface area contributed by atoms with Crippen molar-refractivity contribution in [2.45, 2.75) is 13.3 Å². The summed E-state index contributed by atoms with van der Waals surface area (Å²) in [5.41, 5.74) is 0.473. The summed E-state index contributed by atoms with van der Waals surface area (Å²) in [7, 11) is 1.73. The molecule has 1 heterocycles. The first-order valence-electron chi connectivity index (χ1n) is 4.23. The summed E-state index contributed by atoms with van der Waals surface area (Å²) in [4.78, 5) is 11.7. The fourth-order valence-electron chi connectivity index (χ4n) is 1.11. The Morgan fingerprint density at radius 3 is 2.86 bits per heavy atom. The standard InChI is InChI=1S/C9H10BrN3O/c1-3-6(4-11)8(14)7-5-12-13(2)9(7)10/h5-6H,3H2,1-2H3. The second kappa shape index (κ2) is 4.38. The lowest BCUT2D eigenvalue weighted by atomic mass is 9.99. The van der Waals surface area contributed by atoms with Crippen LogP contribution >= 0.6 is 15.9 Å². The number of carbonyl (C=O) groups excluding carboxylic acids is 1. The second-order valence-electron chi connectivity index (χ2n) is 2.93. The second-order valence-corrected chi connectivity index (χ2v) is 3.68. The number of Topliss-reactive ketones (excluding diaryl/α,β-unsaturated/α-hetero) is 1. The Hall–Kier alpha value is -1.15. The van der Waals surface area contributed by atoms with E-state index in [9.17, 15) is 4.79 Å². The van der Waals surface area contributed by atoms with Gasteiger partial charge in [0.05, 0.1) is 17.8 Å². The fourth-order valence-corrected chi connectivity index (χ4v) is 1.50. The molecule has 0 N–H and O–H groups in total. The predicted molar refractivity (Wildman–Crippen MR) is 54.6 cm³/mol. The Morgan fingerprint density at radius 2 is 2.50 bits per heavy atom. The van der Waals surface area contributed by atoms with Gasteiger partial charge >= 0.3 is 0 Å². The zero-order chi connectivity index (χ0) is 10.7. The molecule has 1 aromatic rings. The molecule has 0 aromatic carbocycles. The zero-order valence-electron chi connectivity index (χ0n) is 7.99. The number of hydrogen-bond acceptors (Lipinski definition) is 3. The summed E-state index contributed by atoms with van der Waals surface area (Å²) in [6.45, 7) is 1.82. The zero-order valence-corrected chi connectivity index (χ0v) is 9.58. The number of aryl methyl sites for hydroxylation is 1. The Bertz CT molecular complexity index is 391. The van der Waals surface area contributed by atoms with E-state index in [1.54, 1.807) is 11.7 Å². The van der Waals surface area contributed by atoms with Crippen molar-refractivity contribution in [3.8, 4) is 6.07 Å². The fraction of sp³-hybridized carbons (Fsp3) is 0.444. The number of ketones is 1. The molecule has 0 spiro atoms. The van der Waals surface area contributed by atoms with E-state index in [0.717, 1.165) is 0 Å². The molecule has 14 heavy (non-hydrogen) atoms. The summed E-state index contributed by atoms with van der Waals surface area (Å²) in [6.07, 6.45) is 2.00. The van der Waals surface area contributed by atoms with Crippen LogP contribution in [0.15, 0.2) is 10.8 Å². The first-order chi connectivity index (χ1) is 6.61. The van der Waals surface area contributed by atoms with Crippen LogP contribution in [-0.4, -0.2) is 15.6 Å². The minimum Gasteiger partial charge on any atom is -0.293 e. The molecule has 1 unspecified atom stereocenters. The normalized spacial score (nSPS) is 12.1. The van der Waals surface area contributed by atoms with Gasteiger partial charge in [-0.3, -0.25) is 9.48 Å². The van der Waals surface area contributed by atoms with Crippen LogP contribution in [-0.2, 0) is 7.05 Å². The van der Waals surface area contributed by atoms with Crippen molar-refractivity contribution < 1.29 is 4.79 Å². The largest absolute Gasteiger partial charge is 0.293 e. The van der Waals surface area contributed by atoms with Gasteiger partial charge in [-0.15, -0.1) is 0 Å². The van der Waals surface area contributed by atoms with Crippen LogP contribution in [0.5, 0.6) is 0 Å². The van der Waals surface area contributed by atoms with E-state index in [2.05, 4.69) is 21.0 Å². The summed E-state index contributed by atoms with van der Waals surface area (Å²) in [6, 6.07) is 1.98. The number of hydrogen-bond donors (Lipinski definition) is 0. The van der Waals surface area contributed by atoms with Crippen LogP contribution in [0.2, 0.25) is 0 Å². The van der Waals surface area contributed by atoms with Crippen molar-refractivity contribution >= 4 is 21.7 Å². The van der Waals surface area contributed by atoms with Crippen LogP contribution in [0, 0.1) is 17.2 Å². The lowest BCUT2D eigenvalue weighted by Crippen LogP contribution is -2.11. The first kappa shape index (κ1) is 10.9. The Labute approximate surface area is 90.6 Å². The predicted octanol–water partition coefficient (Wildman–Crippen LogP) is 1.92. The van der Waals surface area contributed by atoms with Crippen molar-refractivity contribution in [1.29, 1.82) is 5.26 Å². The van der Waals surface area contributed by atoms with E-state index in [0.29, 0.717) is 16.6 Å². The number of aromatic nitrogens is 2. The molecule has 0 bridgehead atoms. The van der Waals surface area contributed by atoms with Crippen LogP contribution in [0.1, 0.15) is 23.7 Å². The van der Waals surface area contributed by atoms with Gasteiger partial charge in [-0.25, -0.2) is 0 Å². The van der Waals surface area contributed by atoms with Gasteiger partial charge in [0.25, 0.3) is 0 Å². The third kappa shape index (κ3) is 1.85. The molecule has 0 aliphatic rings. The monoisotopic (exact) mass is 255 g/mol. The Kier molecular flexibility index (Phi) is 3.42. The number of nitrogens with zero attached hydrogens (tertiary/aromatic N) is 3. The third-order valence-corrected chi connectivity index (χ3v) is 2.95. The molecule has 0 aliphatic heterocycles. The first-order valence-corrected chi connectivity index (χ1v) is 5.02. The highest BCUT2D eigenvalue weighted by Gasteiger charge is 2.21. The maximum absolute atomic E-state index is 11.7. The topological polar surface area (TPSA) is 58.7 Å². The molecule has 0 amide bonds. The molecule has 5 heteroatoms. The van der Waals surface area contributed by atoms with E-state index >= 15 is 0 Å². The number of rotatable bonds is 3. The lowest BCUT2D eigenvalue weighted by Gasteiger charge is -2.02. The van der Waals surface area contributed by atoms with Crippen LogP contribution in [0.3, 0.4) is 0 Å². The minimum atomic E-state index is -0.574. The molecule has 4 nitrogen and oxygen atoms in total. The van der Waals surface area contributed by atoms with Gasteiger partial charge in [0.1, 0.15) is 10.5 Å². The molecule has 0 fully saturated rings. The molecule has 1 rings (SSSR count). The number of nitriles is 1. The molecular weight excluding hydrogens is 246 g/mol. The summed E-state index contributed by atoms with van der Waals surface area (Å²) < 4.78 is 2.17. The van der Waals surface area contributed by atoms with Gasteiger partial charge < -0.3 is 0 Å². The van der Waals surface area contributed by atoms with Crippen LogP contribution in [0.4, 0.5) is 0 Å². The molecule has 1 aromatic heterocycles. The molecule has 0 radical (unpaired) electrons. The molecule has 74 valence electrons. The molecule has 0 aliphatic carbocycles. The summed E-state index contributed by atoms with van der Waals surface area (Å²) >= 11 is 3.25. The van der Waals surface area contributed by atoms with Gasteiger partial charge in [0.15, 0.2) is 5.78 Å². The lowest BCUT2D eigenvalue weighted by molar-refractivity contribution is 0.0945. The third-order valence-electron chi connectivity index (χ3n) is 2.01. The molecule has 0 saturated carbocycles. The summed E-state index contributed by atoms with van der Waals surface area (Å²) in [5, 5.41) is 12.7. The van der Waals surface area contributed by atoms with Crippen LogP contribution in [0.25, 0.3) is 0 Å². The maximum atomic E-state index is 11.7. The van der Waals surface area contributed by atoms with Crippen molar-refractivity contribution in [2.24, 2.45) is 13.0 Å². The average Bonchev–Trinajstić information content (AvgIpc) is 2.49.